The molecule has 0 aromatic rings. The highest BCUT2D eigenvalue weighted by Crippen LogP contribution is 2.05. The van der Waals surface area contributed by atoms with Crippen LogP contribution in [0.15, 0.2) is 12.4 Å². The Labute approximate surface area is 86.1 Å². The molecule has 0 radical (unpaired) electrons. The van der Waals surface area contributed by atoms with E-state index < -0.39 is 11.0 Å². The van der Waals surface area contributed by atoms with E-state index in [0.29, 0.717) is 6.61 Å². The Morgan fingerprint density at radius 1 is 1.36 bits per heavy atom. The van der Waals surface area contributed by atoms with Crippen molar-refractivity contribution >= 4 is 11.0 Å². The van der Waals surface area contributed by atoms with E-state index in [0.717, 1.165) is 26.1 Å². The second-order valence-corrected chi connectivity index (χ2v) is 3.98. The molecule has 82 valence electrons. The van der Waals surface area contributed by atoms with Gasteiger partial charge >= 0.3 is 0 Å². The van der Waals surface area contributed by atoms with Gasteiger partial charge in [0.25, 0.3) is 11.0 Å². The molecule has 1 rings (SSSR count). The highest BCUT2D eigenvalue weighted by atomic mass is 32.2. The van der Waals surface area contributed by atoms with Gasteiger partial charge < -0.3 is 9.80 Å². The van der Waals surface area contributed by atoms with Crippen LogP contribution in [0.5, 0.6) is 0 Å². The maximum absolute atomic E-state index is 10.0. The van der Waals surface area contributed by atoms with E-state index >= 15 is 0 Å². The van der Waals surface area contributed by atoms with Crippen LogP contribution in [-0.4, -0.2) is 45.1 Å². The van der Waals surface area contributed by atoms with Gasteiger partial charge in [-0.1, -0.05) is 0 Å². The van der Waals surface area contributed by atoms with Gasteiger partial charge in [0.1, 0.15) is 0 Å². The van der Waals surface area contributed by atoms with Crippen molar-refractivity contribution in [1.29, 1.82) is 0 Å². The zero-order chi connectivity index (χ0) is 10.4. The van der Waals surface area contributed by atoms with Crippen LogP contribution in [0.1, 0.15) is 12.8 Å². The van der Waals surface area contributed by atoms with E-state index in [9.17, 15) is 8.42 Å². The van der Waals surface area contributed by atoms with Crippen LogP contribution < -0.4 is 0 Å². The minimum absolute atomic E-state index is 0.298. The van der Waals surface area contributed by atoms with Crippen LogP contribution in [-0.2, 0) is 15.2 Å². The summed E-state index contributed by atoms with van der Waals surface area (Å²) in [7, 11) is -0.655. The highest BCUT2D eigenvalue weighted by Gasteiger charge is 2.06. The van der Waals surface area contributed by atoms with Crippen molar-refractivity contribution < 1.29 is 12.6 Å². The molecule has 0 atom stereocenters. The van der Waals surface area contributed by atoms with Gasteiger partial charge in [0.15, 0.2) is 0 Å². The third-order valence-corrected chi connectivity index (χ3v) is 2.37. The lowest BCUT2D eigenvalue weighted by molar-refractivity contribution is 0.274. The SMILES string of the molecule is CN1C=CN(CCCCO[SH](=O)=O)C1. The minimum atomic E-state index is -2.67. The molecule has 0 unspecified atom stereocenters. The number of hydrogen-bond donors (Lipinski definition) is 1. The van der Waals surface area contributed by atoms with E-state index in [1.165, 1.54) is 0 Å². The third-order valence-electron chi connectivity index (χ3n) is 1.97. The van der Waals surface area contributed by atoms with Crippen molar-refractivity contribution in [3.8, 4) is 0 Å². The largest absolute Gasteiger partial charge is 0.362 e. The quantitative estimate of drug-likeness (QED) is 0.504. The Bertz CT molecular complexity index is 257. The lowest BCUT2D eigenvalue weighted by Gasteiger charge is -2.17. The van der Waals surface area contributed by atoms with Gasteiger partial charge in [-0.2, -0.15) is 0 Å². The summed E-state index contributed by atoms with van der Waals surface area (Å²) in [6.45, 7) is 2.16. The van der Waals surface area contributed by atoms with Crippen LogP contribution in [0.2, 0.25) is 0 Å². The predicted octanol–water partition coefficient (Wildman–Crippen LogP) is -0.0143. The third kappa shape index (κ3) is 4.48. The smallest absolute Gasteiger partial charge is 0.257 e. The normalized spacial score (nSPS) is 15.9. The topological polar surface area (TPSA) is 49.9 Å². The van der Waals surface area contributed by atoms with Crippen LogP contribution >= 0.6 is 0 Å². The fraction of sp³-hybridized carbons (Fsp3) is 0.750. The summed E-state index contributed by atoms with van der Waals surface area (Å²) >= 11 is 0. The van der Waals surface area contributed by atoms with Gasteiger partial charge in [0, 0.05) is 26.0 Å². The van der Waals surface area contributed by atoms with E-state index in [4.69, 9.17) is 0 Å². The van der Waals surface area contributed by atoms with Crippen molar-refractivity contribution in [2.24, 2.45) is 0 Å². The van der Waals surface area contributed by atoms with Crippen LogP contribution in [0.3, 0.4) is 0 Å². The van der Waals surface area contributed by atoms with Crippen molar-refractivity contribution in [1.82, 2.24) is 9.80 Å². The Morgan fingerprint density at radius 3 is 2.71 bits per heavy atom. The number of hydrogen-bond acceptors (Lipinski definition) is 5. The summed E-state index contributed by atoms with van der Waals surface area (Å²) in [6, 6.07) is 0. The van der Waals surface area contributed by atoms with Crippen molar-refractivity contribution in [2.45, 2.75) is 12.8 Å². The van der Waals surface area contributed by atoms with Gasteiger partial charge in [-0.05, 0) is 12.8 Å². The van der Waals surface area contributed by atoms with Crippen molar-refractivity contribution in [3.63, 3.8) is 0 Å². The van der Waals surface area contributed by atoms with Gasteiger partial charge in [-0.15, -0.1) is 0 Å². The second-order valence-electron chi connectivity index (χ2n) is 3.27. The van der Waals surface area contributed by atoms with Crippen LogP contribution in [0.4, 0.5) is 0 Å². The Hall–Kier alpha value is -0.750. The Kier molecular flexibility index (Phi) is 4.75. The molecule has 5 nitrogen and oxygen atoms in total. The Morgan fingerprint density at radius 2 is 2.14 bits per heavy atom. The zero-order valence-electron chi connectivity index (χ0n) is 8.26. The number of thiol groups is 1. The summed E-state index contributed by atoms with van der Waals surface area (Å²) in [4.78, 5) is 4.27. The molecule has 0 saturated carbocycles. The first-order chi connectivity index (χ1) is 6.68. The molecule has 0 saturated heterocycles. The van der Waals surface area contributed by atoms with Crippen LogP contribution in [0.25, 0.3) is 0 Å². The molecule has 0 N–H and O–H groups in total. The molecular weight excluding hydrogens is 204 g/mol. The maximum atomic E-state index is 10.0. The zero-order valence-corrected chi connectivity index (χ0v) is 9.15. The molecule has 0 aliphatic carbocycles. The summed E-state index contributed by atoms with van der Waals surface area (Å²) in [5.41, 5.74) is 0. The average Bonchev–Trinajstić information content (AvgIpc) is 2.50. The molecule has 0 amide bonds. The van der Waals surface area contributed by atoms with Gasteiger partial charge in [-0.3, -0.25) is 4.18 Å². The van der Waals surface area contributed by atoms with Gasteiger partial charge in [0.05, 0.1) is 13.3 Å². The monoisotopic (exact) mass is 220 g/mol. The molecule has 0 aromatic carbocycles. The molecule has 1 aliphatic heterocycles. The molecule has 6 heteroatoms. The van der Waals surface area contributed by atoms with E-state index in [2.05, 4.69) is 14.0 Å². The summed E-state index contributed by atoms with van der Waals surface area (Å²) in [6.07, 6.45) is 5.78. The first-order valence-electron chi connectivity index (χ1n) is 4.58. The summed E-state index contributed by atoms with van der Waals surface area (Å²) in [5.74, 6) is 0. The van der Waals surface area contributed by atoms with Crippen molar-refractivity contribution in [3.05, 3.63) is 12.4 Å². The Balaban J connectivity index is 1.97. The summed E-state index contributed by atoms with van der Waals surface area (Å²) < 4.78 is 24.5. The lowest BCUT2D eigenvalue weighted by Crippen LogP contribution is -2.23. The molecule has 1 aliphatic rings. The van der Waals surface area contributed by atoms with Crippen molar-refractivity contribution in [2.75, 3.05) is 26.9 Å². The van der Waals surface area contributed by atoms with Gasteiger partial charge in [-0.25, -0.2) is 8.42 Å². The first kappa shape index (κ1) is 11.3. The second kappa shape index (κ2) is 5.87. The predicted molar refractivity (Wildman–Crippen MR) is 54.0 cm³/mol. The van der Waals surface area contributed by atoms with Crippen LogP contribution in [0, 0.1) is 0 Å². The molecule has 0 aromatic heterocycles. The molecule has 0 fully saturated rings. The lowest BCUT2D eigenvalue weighted by atomic mass is 10.3. The van der Waals surface area contributed by atoms with E-state index in [1.54, 1.807) is 0 Å². The maximum Gasteiger partial charge on any atom is 0.257 e. The van der Waals surface area contributed by atoms with Gasteiger partial charge in [0.2, 0.25) is 0 Å². The fourth-order valence-corrected chi connectivity index (χ4v) is 1.57. The summed E-state index contributed by atoms with van der Waals surface area (Å²) in [5, 5.41) is 0. The first-order valence-corrected chi connectivity index (χ1v) is 5.68. The molecular formula is C8H16N2O3S. The van der Waals surface area contributed by atoms with E-state index in [1.807, 2.05) is 19.4 Å². The number of unbranched alkanes of at least 4 members (excludes halogenated alkanes) is 1. The molecule has 1 heterocycles. The molecule has 0 bridgehead atoms. The minimum Gasteiger partial charge on any atom is -0.362 e. The number of rotatable bonds is 6. The molecule has 14 heavy (non-hydrogen) atoms. The molecule has 0 spiro atoms. The standard InChI is InChI=1S/C8H16N2O3S/c1-9-5-6-10(8-9)4-2-3-7-13-14(11)12/h5-6,14H,2-4,7-8H2,1H3. The average molecular weight is 220 g/mol. The number of nitrogens with zero attached hydrogens (tertiary/aromatic N) is 2. The van der Waals surface area contributed by atoms with E-state index in [-0.39, 0.29) is 0 Å². The fourth-order valence-electron chi connectivity index (χ4n) is 1.29. The highest BCUT2D eigenvalue weighted by molar-refractivity contribution is 7.67.